The average Bonchev–Trinajstić information content (AvgIpc) is 3.17. The maximum Gasteiger partial charge on any atom is 0.277 e. The zero-order valence-corrected chi connectivity index (χ0v) is 17.0. The summed E-state index contributed by atoms with van der Waals surface area (Å²) in [6.07, 6.45) is 1.33. The molecule has 1 amide bonds. The molecule has 0 saturated heterocycles. The summed E-state index contributed by atoms with van der Waals surface area (Å²) in [5.74, 6) is 0.970. The van der Waals surface area contributed by atoms with Gasteiger partial charge in [-0.2, -0.15) is 5.10 Å². The van der Waals surface area contributed by atoms with Crippen LogP contribution in [0.25, 0.3) is 11.3 Å². The van der Waals surface area contributed by atoms with Crippen LogP contribution in [0.3, 0.4) is 0 Å². The number of nitrogens with zero attached hydrogens (tertiary/aromatic N) is 2. The Morgan fingerprint density at radius 2 is 2.00 bits per heavy atom. The molecule has 0 bridgehead atoms. The van der Waals surface area contributed by atoms with Gasteiger partial charge in [-0.25, -0.2) is 5.43 Å². The monoisotopic (exact) mass is 427 g/mol. The van der Waals surface area contributed by atoms with Crippen LogP contribution in [0.2, 0.25) is 5.02 Å². The smallest absolute Gasteiger partial charge is 0.277 e. The lowest BCUT2D eigenvalue weighted by molar-refractivity contribution is -0.384. The molecule has 1 aromatic heterocycles. The van der Waals surface area contributed by atoms with Gasteiger partial charge in [0.1, 0.15) is 17.3 Å². The highest BCUT2D eigenvalue weighted by Crippen LogP contribution is 2.32. The summed E-state index contributed by atoms with van der Waals surface area (Å²) in [6, 6.07) is 13.0. The number of furan rings is 1. The second-order valence-corrected chi connectivity index (χ2v) is 6.86. The molecule has 0 aliphatic heterocycles. The largest absolute Gasteiger partial charge is 0.484 e. The highest BCUT2D eigenvalue weighted by Gasteiger charge is 2.13. The van der Waals surface area contributed by atoms with Gasteiger partial charge in [0.05, 0.1) is 16.2 Å². The first-order valence-electron chi connectivity index (χ1n) is 8.89. The van der Waals surface area contributed by atoms with Crippen molar-refractivity contribution in [1.82, 2.24) is 5.43 Å². The Balaban J connectivity index is 1.56. The van der Waals surface area contributed by atoms with Gasteiger partial charge in [-0.3, -0.25) is 14.9 Å². The molecule has 0 aliphatic carbocycles. The van der Waals surface area contributed by atoms with Crippen LogP contribution in [-0.4, -0.2) is 23.7 Å². The minimum absolute atomic E-state index is 0.108. The van der Waals surface area contributed by atoms with Crippen molar-refractivity contribution >= 4 is 29.4 Å². The Bertz CT molecular complexity index is 1120. The van der Waals surface area contributed by atoms with Crippen LogP contribution >= 0.6 is 11.6 Å². The third-order valence-electron chi connectivity index (χ3n) is 4.29. The molecule has 0 fully saturated rings. The van der Waals surface area contributed by atoms with Crippen LogP contribution in [0.4, 0.5) is 5.69 Å². The lowest BCUT2D eigenvalue weighted by Crippen LogP contribution is -2.24. The van der Waals surface area contributed by atoms with Gasteiger partial charge in [0.25, 0.3) is 11.6 Å². The minimum Gasteiger partial charge on any atom is -0.484 e. The topological polar surface area (TPSA) is 107 Å². The Morgan fingerprint density at radius 3 is 2.70 bits per heavy atom. The Hall–Kier alpha value is -3.65. The van der Waals surface area contributed by atoms with Crippen molar-refractivity contribution in [3.8, 4) is 17.1 Å². The number of ether oxygens (including phenoxy) is 1. The second kappa shape index (κ2) is 9.23. The molecule has 3 rings (SSSR count). The van der Waals surface area contributed by atoms with Gasteiger partial charge in [-0.1, -0.05) is 17.7 Å². The number of hydrazone groups is 1. The van der Waals surface area contributed by atoms with E-state index in [-0.39, 0.29) is 17.3 Å². The molecule has 0 radical (unpaired) electrons. The van der Waals surface area contributed by atoms with E-state index in [0.29, 0.717) is 22.8 Å². The lowest BCUT2D eigenvalue weighted by Gasteiger charge is -2.07. The van der Waals surface area contributed by atoms with Gasteiger partial charge in [-0.05, 0) is 55.3 Å². The third-order valence-corrected chi connectivity index (χ3v) is 4.60. The minimum atomic E-state index is -0.526. The van der Waals surface area contributed by atoms with E-state index in [2.05, 4.69) is 10.5 Å². The van der Waals surface area contributed by atoms with Crippen LogP contribution < -0.4 is 10.2 Å². The number of nitro benzene ring substituents is 1. The fourth-order valence-corrected chi connectivity index (χ4v) is 2.81. The standard InChI is InChI=1S/C21H18ClN3O5/c1-13-3-5-16(9-14(13)2)29-12-21(26)24-23-11-17-6-8-20(30-17)18-7-4-15(25(27)28)10-19(18)22/h3-11H,12H2,1-2H3,(H,24,26)/b23-11+. The number of halogens is 1. The van der Waals surface area contributed by atoms with Gasteiger partial charge >= 0.3 is 0 Å². The molecule has 0 aliphatic rings. The van der Waals surface area contributed by atoms with E-state index in [9.17, 15) is 14.9 Å². The van der Waals surface area contributed by atoms with Crippen LogP contribution in [0.5, 0.6) is 5.75 Å². The van der Waals surface area contributed by atoms with E-state index in [0.717, 1.165) is 11.1 Å². The molecule has 2 aromatic carbocycles. The van der Waals surface area contributed by atoms with Crippen LogP contribution in [0.15, 0.2) is 58.0 Å². The number of aryl methyl sites for hydroxylation is 2. The highest BCUT2D eigenvalue weighted by molar-refractivity contribution is 6.33. The van der Waals surface area contributed by atoms with Crippen molar-refractivity contribution in [2.45, 2.75) is 13.8 Å². The van der Waals surface area contributed by atoms with E-state index < -0.39 is 10.8 Å². The summed E-state index contributed by atoms with van der Waals surface area (Å²) in [4.78, 5) is 22.1. The molecule has 1 N–H and O–H groups in total. The van der Waals surface area contributed by atoms with E-state index in [4.69, 9.17) is 20.8 Å². The molecule has 3 aromatic rings. The number of non-ortho nitro benzene ring substituents is 1. The molecule has 0 unspecified atom stereocenters. The van der Waals surface area contributed by atoms with Gasteiger partial charge < -0.3 is 9.15 Å². The molecule has 9 heteroatoms. The molecule has 0 saturated carbocycles. The number of nitrogens with one attached hydrogen (secondary N) is 1. The molecule has 154 valence electrons. The van der Waals surface area contributed by atoms with Crippen molar-refractivity contribution in [3.05, 3.63) is 80.6 Å². The molecule has 8 nitrogen and oxygen atoms in total. The van der Waals surface area contributed by atoms with Crippen molar-refractivity contribution in [2.24, 2.45) is 5.10 Å². The predicted octanol–water partition coefficient (Wildman–Crippen LogP) is 4.65. The number of carbonyl (C=O) groups excluding carboxylic acids is 1. The van der Waals surface area contributed by atoms with Crippen LogP contribution in [-0.2, 0) is 4.79 Å². The van der Waals surface area contributed by atoms with Gasteiger partial charge in [0.15, 0.2) is 6.61 Å². The molecular weight excluding hydrogens is 410 g/mol. The number of hydrogen-bond acceptors (Lipinski definition) is 6. The lowest BCUT2D eigenvalue weighted by atomic mass is 10.1. The van der Waals surface area contributed by atoms with Crippen LogP contribution in [0.1, 0.15) is 16.9 Å². The Kier molecular flexibility index (Phi) is 6.48. The van der Waals surface area contributed by atoms with Gasteiger partial charge in [-0.15, -0.1) is 0 Å². The first kappa shape index (κ1) is 21.1. The summed E-state index contributed by atoms with van der Waals surface area (Å²) in [6.45, 7) is 3.78. The molecular formula is C21H18ClN3O5. The van der Waals surface area contributed by atoms with E-state index >= 15 is 0 Å². The van der Waals surface area contributed by atoms with Crippen molar-refractivity contribution in [3.63, 3.8) is 0 Å². The quantitative estimate of drug-likeness (QED) is 0.335. The average molecular weight is 428 g/mol. The number of benzene rings is 2. The second-order valence-electron chi connectivity index (χ2n) is 6.45. The molecule has 0 spiro atoms. The van der Waals surface area contributed by atoms with Crippen molar-refractivity contribution in [2.75, 3.05) is 6.61 Å². The zero-order valence-electron chi connectivity index (χ0n) is 16.2. The maximum atomic E-state index is 11.9. The molecule has 30 heavy (non-hydrogen) atoms. The first-order valence-corrected chi connectivity index (χ1v) is 9.27. The maximum absolute atomic E-state index is 11.9. The van der Waals surface area contributed by atoms with E-state index in [1.54, 1.807) is 18.2 Å². The van der Waals surface area contributed by atoms with Gasteiger partial charge in [0.2, 0.25) is 0 Å². The Labute approximate surface area is 177 Å². The normalized spacial score (nSPS) is 10.9. The number of carbonyl (C=O) groups is 1. The Morgan fingerprint density at radius 1 is 1.20 bits per heavy atom. The number of amides is 1. The zero-order chi connectivity index (χ0) is 21.7. The number of nitro groups is 1. The predicted molar refractivity (Wildman–Crippen MR) is 113 cm³/mol. The van der Waals surface area contributed by atoms with Gasteiger partial charge in [0, 0.05) is 17.7 Å². The number of rotatable bonds is 7. The SMILES string of the molecule is Cc1ccc(OCC(=O)N/N=C/c2ccc(-c3ccc([N+](=O)[O-])cc3Cl)o2)cc1C. The van der Waals surface area contributed by atoms with E-state index in [1.807, 2.05) is 26.0 Å². The van der Waals surface area contributed by atoms with Crippen molar-refractivity contribution < 1.29 is 18.9 Å². The third kappa shape index (κ3) is 5.24. The summed E-state index contributed by atoms with van der Waals surface area (Å²) < 4.78 is 11.0. The first-order chi connectivity index (χ1) is 14.3. The number of hydrogen-bond donors (Lipinski definition) is 1. The summed E-state index contributed by atoms with van der Waals surface area (Å²) in [5, 5.41) is 14.8. The van der Waals surface area contributed by atoms with E-state index in [1.165, 1.54) is 24.4 Å². The fraction of sp³-hybridized carbons (Fsp3) is 0.143. The van der Waals surface area contributed by atoms with Crippen molar-refractivity contribution in [1.29, 1.82) is 0 Å². The highest BCUT2D eigenvalue weighted by atomic mass is 35.5. The molecule has 0 atom stereocenters. The van der Waals surface area contributed by atoms with Crippen LogP contribution in [0, 0.1) is 24.0 Å². The summed E-state index contributed by atoms with van der Waals surface area (Å²) in [5.41, 5.74) is 4.97. The summed E-state index contributed by atoms with van der Waals surface area (Å²) >= 11 is 6.10. The molecule has 1 heterocycles. The fourth-order valence-electron chi connectivity index (χ4n) is 2.54. The summed E-state index contributed by atoms with van der Waals surface area (Å²) in [7, 11) is 0.